The minimum atomic E-state index is -0.107. The summed E-state index contributed by atoms with van der Waals surface area (Å²) in [6.07, 6.45) is 1.88. The Hall–Kier alpha value is -3.77. The Bertz CT molecular complexity index is 1440. The predicted octanol–water partition coefficient (Wildman–Crippen LogP) is 4.25. The number of fused-ring (bicyclic) bond motifs is 1. The second-order valence-corrected chi connectivity index (χ2v) is 8.28. The molecule has 0 bridgehead atoms. The van der Waals surface area contributed by atoms with E-state index in [0.29, 0.717) is 21.9 Å². The van der Waals surface area contributed by atoms with Gasteiger partial charge in [0.1, 0.15) is 12.4 Å². The van der Waals surface area contributed by atoms with Crippen LogP contribution in [0.25, 0.3) is 22.4 Å². The molecule has 0 radical (unpaired) electrons. The fourth-order valence-corrected chi connectivity index (χ4v) is 4.22. The molecule has 0 saturated heterocycles. The van der Waals surface area contributed by atoms with Crippen LogP contribution in [0, 0.1) is 6.92 Å². The average molecular weight is 426 g/mol. The highest BCUT2D eigenvalue weighted by molar-refractivity contribution is 7.15. The SMILES string of the molecule is Cc1ccc(-c2nnc3s/c(=C\c4ccc(OCc5ccccc5)cc4)c(=O)n23)cc1. The first-order chi connectivity index (χ1) is 15.2. The van der Waals surface area contributed by atoms with E-state index < -0.39 is 0 Å². The summed E-state index contributed by atoms with van der Waals surface area (Å²) in [7, 11) is 0. The molecule has 2 heterocycles. The average Bonchev–Trinajstić information content (AvgIpc) is 3.35. The molecule has 0 unspecified atom stereocenters. The molecule has 0 aliphatic rings. The van der Waals surface area contributed by atoms with Crippen molar-refractivity contribution < 1.29 is 4.74 Å². The molecule has 0 spiro atoms. The van der Waals surface area contributed by atoms with Crippen LogP contribution in [-0.4, -0.2) is 14.6 Å². The zero-order valence-electron chi connectivity index (χ0n) is 16.9. The monoisotopic (exact) mass is 425 g/mol. The van der Waals surface area contributed by atoms with Gasteiger partial charge in [-0.3, -0.25) is 4.79 Å². The van der Waals surface area contributed by atoms with Crippen LogP contribution in [-0.2, 0) is 6.61 Å². The van der Waals surface area contributed by atoms with Gasteiger partial charge in [0.15, 0.2) is 5.82 Å². The van der Waals surface area contributed by atoms with Crippen molar-refractivity contribution in [1.82, 2.24) is 14.6 Å². The third-order valence-electron chi connectivity index (χ3n) is 4.98. The first-order valence-electron chi connectivity index (χ1n) is 9.91. The molecule has 3 aromatic carbocycles. The summed E-state index contributed by atoms with van der Waals surface area (Å²) in [6, 6.07) is 25.7. The Labute approximate surface area is 182 Å². The summed E-state index contributed by atoms with van der Waals surface area (Å²) in [5.74, 6) is 1.36. The molecule has 6 heteroatoms. The van der Waals surface area contributed by atoms with Crippen LogP contribution in [0.15, 0.2) is 83.7 Å². The lowest BCUT2D eigenvalue weighted by Gasteiger charge is -2.06. The zero-order valence-corrected chi connectivity index (χ0v) is 17.7. The van der Waals surface area contributed by atoms with E-state index in [1.54, 1.807) is 4.40 Å². The Kier molecular flexibility index (Phi) is 5.06. The second-order valence-electron chi connectivity index (χ2n) is 7.27. The Morgan fingerprint density at radius 3 is 2.42 bits per heavy atom. The lowest BCUT2D eigenvalue weighted by molar-refractivity contribution is 0.306. The van der Waals surface area contributed by atoms with Crippen LogP contribution in [0.4, 0.5) is 0 Å². The number of aromatic nitrogens is 3. The van der Waals surface area contributed by atoms with E-state index in [-0.39, 0.29) is 5.56 Å². The maximum Gasteiger partial charge on any atom is 0.276 e. The number of nitrogens with zero attached hydrogens (tertiary/aromatic N) is 3. The van der Waals surface area contributed by atoms with Crippen molar-refractivity contribution in [2.45, 2.75) is 13.5 Å². The molecule has 0 amide bonds. The lowest BCUT2D eigenvalue weighted by Crippen LogP contribution is -2.23. The quantitative estimate of drug-likeness (QED) is 0.422. The summed E-state index contributed by atoms with van der Waals surface area (Å²) in [5.41, 5.74) is 3.97. The molecule has 0 aliphatic carbocycles. The highest BCUT2D eigenvalue weighted by Gasteiger charge is 2.14. The van der Waals surface area contributed by atoms with Crippen molar-refractivity contribution in [3.63, 3.8) is 0 Å². The van der Waals surface area contributed by atoms with Gasteiger partial charge in [-0.1, -0.05) is 83.6 Å². The molecule has 0 fully saturated rings. The standard InChI is InChI=1S/C25H19N3O2S/c1-17-7-11-20(12-8-17)23-26-27-25-28(23)24(29)22(31-25)15-18-9-13-21(14-10-18)30-16-19-5-3-2-4-6-19/h2-15H,16H2,1H3/b22-15-. The number of aryl methyl sites for hydroxylation is 1. The van der Waals surface area contributed by atoms with Gasteiger partial charge in [0.25, 0.3) is 5.56 Å². The van der Waals surface area contributed by atoms with E-state index in [4.69, 9.17) is 4.74 Å². The van der Waals surface area contributed by atoms with Crippen LogP contribution in [0.3, 0.4) is 0 Å². The van der Waals surface area contributed by atoms with Gasteiger partial charge in [-0.05, 0) is 36.3 Å². The van der Waals surface area contributed by atoms with Crippen molar-refractivity contribution in [3.8, 4) is 17.1 Å². The predicted molar refractivity (Wildman–Crippen MR) is 123 cm³/mol. The van der Waals surface area contributed by atoms with Gasteiger partial charge in [0, 0.05) is 5.56 Å². The van der Waals surface area contributed by atoms with Crippen LogP contribution in [0.2, 0.25) is 0 Å². The molecule has 31 heavy (non-hydrogen) atoms. The summed E-state index contributed by atoms with van der Waals surface area (Å²) >= 11 is 1.34. The number of benzene rings is 3. The second kappa shape index (κ2) is 8.16. The van der Waals surface area contributed by atoms with Crippen molar-refractivity contribution in [1.29, 1.82) is 0 Å². The Morgan fingerprint density at radius 2 is 1.68 bits per heavy atom. The van der Waals surface area contributed by atoms with Crippen LogP contribution in [0.5, 0.6) is 5.75 Å². The number of rotatable bonds is 5. The van der Waals surface area contributed by atoms with Gasteiger partial charge in [-0.15, -0.1) is 10.2 Å². The topological polar surface area (TPSA) is 56.5 Å². The van der Waals surface area contributed by atoms with Crippen molar-refractivity contribution >= 4 is 22.4 Å². The molecule has 0 saturated carbocycles. The highest BCUT2D eigenvalue weighted by Crippen LogP contribution is 2.19. The molecule has 152 valence electrons. The van der Waals surface area contributed by atoms with E-state index in [0.717, 1.165) is 28.0 Å². The van der Waals surface area contributed by atoms with Crippen molar-refractivity contribution in [2.24, 2.45) is 0 Å². The van der Waals surface area contributed by atoms with E-state index in [9.17, 15) is 4.79 Å². The molecule has 5 nitrogen and oxygen atoms in total. The van der Waals surface area contributed by atoms with Gasteiger partial charge in [-0.2, -0.15) is 0 Å². The van der Waals surface area contributed by atoms with Crippen molar-refractivity contribution in [3.05, 3.63) is 110 Å². The Morgan fingerprint density at radius 1 is 0.935 bits per heavy atom. The van der Waals surface area contributed by atoms with Gasteiger partial charge >= 0.3 is 0 Å². The minimum absolute atomic E-state index is 0.107. The Balaban J connectivity index is 1.41. The van der Waals surface area contributed by atoms with E-state index in [1.807, 2.05) is 91.9 Å². The molecule has 5 aromatic rings. The molecular weight excluding hydrogens is 406 g/mol. The van der Waals surface area contributed by atoms with E-state index in [2.05, 4.69) is 10.2 Å². The highest BCUT2D eigenvalue weighted by atomic mass is 32.1. The first-order valence-corrected chi connectivity index (χ1v) is 10.7. The summed E-state index contributed by atoms with van der Waals surface area (Å²) in [5, 5.41) is 8.41. The van der Waals surface area contributed by atoms with Crippen LogP contribution >= 0.6 is 11.3 Å². The van der Waals surface area contributed by atoms with E-state index >= 15 is 0 Å². The third kappa shape index (κ3) is 3.98. The molecule has 5 rings (SSSR count). The molecule has 0 N–H and O–H groups in total. The normalized spacial score (nSPS) is 11.8. The molecule has 0 atom stereocenters. The fourth-order valence-electron chi connectivity index (χ4n) is 3.30. The lowest BCUT2D eigenvalue weighted by atomic mass is 10.1. The maximum atomic E-state index is 13.0. The number of hydrogen-bond acceptors (Lipinski definition) is 5. The summed E-state index contributed by atoms with van der Waals surface area (Å²) in [4.78, 5) is 13.6. The summed E-state index contributed by atoms with van der Waals surface area (Å²) in [6.45, 7) is 2.55. The van der Waals surface area contributed by atoms with Crippen LogP contribution in [0.1, 0.15) is 16.7 Å². The minimum Gasteiger partial charge on any atom is -0.489 e. The number of ether oxygens (including phenoxy) is 1. The fraction of sp³-hybridized carbons (Fsp3) is 0.0800. The van der Waals surface area contributed by atoms with E-state index in [1.165, 1.54) is 11.3 Å². The third-order valence-corrected chi connectivity index (χ3v) is 5.94. The summed E-state index contributed by atoms with van der Waals surface area (Å²) < 4.78 is 8.04. The van der Waals surface area contributed by atoms with Gasteiger partial charge < -0.3 is 4.74 Å². The smallest absolute Gasteiger partial charge is 0.276 e. The van der Waals surface area contributed by atoms with Gasteiger partial charge in [0.2, 0.25) is 4.96 Å². The molecule has 2 aromatic heterocycles. The molecule has 0 aliphatic heterocycles. The number of thiazole rings is 1. The van der Waals surface area contributed by atoms with Gasteiger partial charge in [-0.25, -0.2) is 4.40 Å². The molecular formula is C25H19N3O2S. The maximum absolute atomic E-state index is 13.0. The number of hydrogen-bond donors (Lipinski definition) is 0. The van der Waals surface area contributed by atoms with Crippen LogP contribution < -0.4 is 14.8 Å². The first kappa shape index (κ1) is 19.2. The zero-order chi connectivity index (χ0) is 21.2. The van der Waals surface area contributed by atoms with Crippen molar-refractivity contribution in [2.75, 3.05) is 0 Å². The van der Waals surface area contributed by atoms with Gasteiger partial charge in [0.05, 0.1) is 4.53 Å². The largest absolute Gasteiger partial charge is 0.489 e.